The summed E-state index contributed by atoms with van der Waals surface area (Å²) in [6, 6.07) is 7.71. The zero-order valence-electron chi connectivity index (χ0n) is 17.2. The molecule has 9 nitrogen and oxygen atoms in total. The van der Waals surface area contributed by atoms with Crippen molar-refractivity contribution in [2.45, 2.75) is 51.1 Å². The van der Waals surface area contributed by atoms with Crippen molar-refractivity contribution in [1.82, 2.24) is 14.9 Å². The number of benzene rings is 1. The van der Waals surface area contributed by atoms with E-state index in [1.165, 1.54) is 17.7 Å². The van der Waals surface area contributed by atoms with E-state index in [2.05, 4.69) is 15.6 Å². The van der Waals surface area contributed by atoms with Gasteiger partial charge in [-0.2, -0.15) is 0 Å². The third-order valence-corrected chi connectivity index (χ3v) is 5.08. The number of hydrogen-bond acceptors (Lipinski definition) is 6. The fourth-order valence-corrected chi connectivity index (χ4v) is 3.58. The van der Waals surface area contributed by atoms with Gasteiger partial charge in [0.25, 0.3) is 5.56 Å². The summed E-state index contributed by atoms with van der Waals surface area (Å²) in [5, 5.41) is 5.08. The molecule has 1 aromatic carbocycles. The van der Waals surface area contributed by atoms with Gasteiger partial charge >= 0.3 is 0 Å². The number of carbonyl (C=O) groups is 4. The van der Waals surface area contributed by atoms with Crippen LogP contribution in [0, 0.1) is 0 Å². The standard InChI is InChI=1S/C22H24N4O5/c1-14(28)11-16(13-27)24-21(30)18-8-9-19-23-12-17(22(31)26(18)19)25-20(29)10-7-15-5-3-2-4-6-15/h2-6,12-13,16,18H,7-11H2,1H3,(H,24,30)(H,25,29)/t16-,18-/m0/s1. The van der Waals surface area contributed by atoms with E-state index in [1.807, 2.05) is 30.3 Å². The lowest BCUT2D eigenvalue weighted by Gasteiger charge is -2.18. The Labute approximate surface area is 178 Å². The van der Waals surface area contributed by atoms with E-state index in [4.69, 9.17) is 0 Å². The topological polar surface area (TPSA) is 127 Å². The van der Waals surface area contributed by atoms with Crippen LogP contribution in [-0.4, -0.2) is 39.5 Å². The highest BCUT2D eigenvalue weighted by Crippen LogP contribution is 2.23. The second-order valence-corrected chi connectivity index (χ2v) is 7.51. The first-order valence-corrected chi connectivity index (χ1v) is 10.1. The van der Waals surface area contributed by atoms with E-state index in [0.29, 0.717) is 31.4 Å². The summed E-state index contributed by atoms with van der Waals surface area (Å²) in [5.41, 5.74) is 0.482. The molecule has 1 aliphatic heterocycles. The summed E-state index contributed by atoms with van der Waals surface area (Å²) in [6.45, 7) is 1.33. The molecule has 0 fully saturated rings. The van der Waals surface area contributed by atoms with Gasteiger partial charge in [0.05, 0.1) is 12.2 Å². The first kappa shape index (κ1) is 22.1. The minimum Gasteiger partial charge on any atom is -0.344 e. The van der Waals surface area contributed by atoms with Gasteiger partial charge in [0.1, 0.15) is 29.6 Å². The maximum atomic E-state index is 12.9. The van der Waals surface area contributed by atoms with Gasteiger partial charge in [-0.15, -0.1) is 0 Å². The lowest BCUT2D eigenvalue weighted by Crippen LogP contribution is -2.43. The fraction of sp³-hybridized carbons (Fsp3) is 0.364. The molecule has 3 rings (SSSR count). The molecule has 0 saturated heterocycles. The predicted octanol–water partition coefficient (Wildman–Crippen LogP) is 0.965. The average Bonchev–Trinajstić information content (AvgIpc) is 3.19. The molecule has 0 unspecified atom stereocenters. The molecule has 31 heavy (non-hydrogen) atoms. The van der Waals surface area contributed by atoms with E-state index >= 15 is 0 Å². The molecule has 0 saturated carbocycles. The van der Waals surface area contributed by atoms with Crippen LogP contribution in [0.1, 0.15) is 43.6 Å². The maximum Gasteiger partial charge on any atom is 0.278 e. The Morgan fingerprint density at radius 1 is 1.26 bits per heavy atom. The number of anilines is 1. The van der Waals surface area contributed by atoms with Gasteiger partial charge in [0.15, 0.2) is 0 Å². The van der Waals surface area contributed by atoms with Gasteiger partial charge in [-0.25, -0.2) is 4.98 Å². The molecule has 2 N–H and O–H groups in total. The fourth-order valence-electron chi connectivity index (χ4n) is 3.58. The Balaban J connectivity index is 1.70. The smallest absolute Gasteiger partial charge is 0.278 e. The normalized spacial score (nSPS) is 15.6. The highest BCUT2D eigenvalue weighted by molar-refractivity contribution is 5.90. The number of rotatable bonds is 9. The predicted molar refractivity (Wildman–Crippen MR) is 113 cm³/mol. The van der Waals surface area contributed by atoms with Crippen LogP contribution in [0.25, 0.3) is 0 Å². The molecule has 0 aliphatic carbocycles. The number of nitrogens with one attached hydrogen (secondary N) is 2. The van der Waals surface area contributed by atoms with Crippen molar-refractivity contribution in [2.75, 3.05) is 5.32 Å². The number of Topliss-reactive ketones (excluding diaryl/α,β-unsaturated/α-hetero) is 1. The van der Waals surface area contributed by atoms with Crippen LogP contribution in [-0.2, 0) is 32.0 Å². The van der Waals surface area contributed by atoms with Crippen LogP contribution in [0.5, 0.6) is 0 Å². The van der Waals surface area contributed by atoms with Crippen molar-refractivity contribution in [1.29, 1.82) is 0 Å². The number of amides is 2. The number of fused-ring (bicyclic) bond motifs is 1. The highest BCUT2D eigenvalue weighted by Gasteiger charge is 2.32. The Kier molecular flexibility index (Phi) is 7.07. The molecule has 162 valence electrons. The number of aromatic nitrogens is 2. The monoisotopic (exact) mass is 424 g/mol. The molecular weight excluding hydrogens is 400 g/mol. The minimum atomic E-state index is -0.946. The van der Waals surface area contributed by atoms with Crippen LogP contribution in [0.4, 0.5) is 5.69 Å². The van der Waals surface area contributed by atoms with Crippen LogP contribution in [0.2, 0.25) is 0 Å². The second kappa shape index (κ2) is 9.92. The molecule has 0 radical (unpaired) electrons. The van der Waals surface area contributed by atoms with Crippen LogP contribution >= 0.6 is 0 Å². The number of aryl methyl sites for hydroxylation is 2. The molecule has 0 spiro atoms. The van der Waals surface area contributed by atoms with Gasteiger partial charge in [-0.3, -0.25) is 23.7 Å². The van der Waals surface area contributed by atoms with E-state index < -0.39 is 23.6 Å². The third kappa shape index (κ3) is 5.50. The number of hydrogen-bond donors (Lipinski definition) is 2. The average molecular weight is 424 g/mol. The molecule has 2 atom stereocenters. The van der Waals surface area contributed by atoms with Crippen LogP contribution in [0.15, 0.2) is 41.3 Å². The Morgan fingerprint density at radius 2 is 2.00 bits per heavy atom. The first-order chi connectivity index (χ1) is 14.9. The highest BCUT2D eigenvalue weighted by atomic mass is 16.2. The summed E-state index contributed by atoms with van der Waals surface area (Å²) >= 11 is 0. The zero-order valence-corrected chi connectivity index (χ0v) is 17.2. The van der Waals surface area contributed by atoms with Gasteiger partial charge in [0, 0.05) is 19.3 Å². The van der Waals surface area contributed by atoms with E-state index in [9.17, 15) is 24.0 Å². The zero-order chi connectivity index (χ0) is 22.4. The second-order valence-electron chi connectivity index (χ2n) is 7.51. The van der Waals surface area contributed by atoms with Crippen molar-refractivity contribution in [3.05, 3.63) is 58.3 Å². The lowest BCUT2D eigenvalue weighted by atomic mass is 10.1. The Hall–Kier alpha value is -3.62. The molecule has 9 heteroatoms. The van der Waals surface area contributed by atoms with E-state index in [1.54, 1.807) is 0 Å². The molecule has 0 bridgehead atoms. The summed E-state index contributed by atoms with van der Waals surface area (Å²) in [7, 11) is 0. The Morgan fingerprint density at radius 3 is 2.68 bits per heavy atom. The molecule has 1 aliphatic rings. The summed E-state index contributed by atoms with van der Waals surface area (Å²) in [4.78, 5) is 64.5. The largest absolute Gasteiger partial charge is 0.344 e. The van der Waals surface area contributed by atoms with Crippen LogP contribution < -0.4 is 16.2 Å². The summed E-state index contributed by atoms with van der Waals surface area (Å²) < 4.78 is 1.25. The molecule has 2 heterocycles. The molecular formula is C22H24N4O5. The van der Waals surface area contributed by atoms with Crippen molar-refractivity contribution >= 4 is 29.6 Å². The molecule has 2 aromatic rings. The number of carbonyl (C=O) groups excluding carboxylic acids is 4. The van der Waals surface area contributed by atoms with Gasteiger partial charge in [0.2, 0.25) is 11.8 Å². The number of ketones is 1. The van der Waals surface area contributed by atoms with Gasteiger partial charge in [-0.1, -0.05) is 30.3 Å². The first-order valence-electron chi connectivity index (χ1n) is 10.1. The lowest BCUT2D eigenvalue weighted by molar-refractivity contribution is -0.127. The van der Waals surface area contributed by atoms with E-state index in [-0.39, 0.29) is 30.2 Å². The van der Waals surface area contributed by atoms with Crippen molar-refractivity contribution in [3.63, 3.8) is 0 Å². The number of nitrogens with zero attached hydrogens (tertiary/aromatic N) is 2. The molecule has 1 aromatic heterocycles. The summed E-state index contributed by atoms with van der Waals surface area (Å²) in [6.07, 6.45) is 3.17. The Bertz CT molecular complexity index is 1050. The van der Waals surface area contributed by atoms with Gasteiger partial charge < -0.3 is 15.4 Å². The van der Waals surface area contributed by atoms with Crippen LogP contribution in [0.3, 0.4) is 0 Å². The van der Waals surface area contributed by atoms with E-state index in [0.717, 1.165) is 5.56 Å². The van der Waals surface area contributed by atoms with Gasteiger partial charge in [-0.05, 0) is 25.3 Å². The maximum absolute atomic E-state index is 12.9. The molecule has 2 amide bonds. The van der Waals surface area contributed by atoms with Crippen molar-refractivity contribution < 1.29 is 19.2 Å². The van der Waals surface area contributed by atoms with Crippen molar-refractivity contribution in [2.24, 2.45) is 0 Å². The summed E-state index contributed by atoms with van der Waals surface area (Å²) in [5.74, 6) is -0.663. The SMILES string of the molecule is CC(=O)C[C@@H](C=O)NC(=O)[C@@H]1CCc2ncc(NC(=O)CCc3ccccc3)c(=O)n21. The van der Waals surface area contributed by atoms with Crippen molar-refractivity contribution in [3.8, 4) is 0 Å². The quantitative estimate of drug-likeness (QED) is 0.578. The number of aldehydes is 1. The minimum absolute atomic E-state index is 0.00261. The third-order valence-electron chi connectivity index (χ3n) is 5.08.